The summed E-state index contributed by atoms with van der Waals surface area (Å²) in [4.78, 5) is 26.9. The summed E-state index contributed by atoms with van der Waals surface area (Å²) in [5, 5.41) is 0.134. The second-order valence-corrected chi connectivity index (χ2v) is 21.2. The Morgan fingerprint density at radius 2 is 1.11 bits per heavy atom. The van der Waals surface area contributed by atoms with Crippen LogP contribution in [0.25, 0.3) is 44.2 Å². The van der Waals surface area contributed by atoms with Crippen LogP contribution < -0.4 is 4.74 Å². The zero-order valence-corrected chi connectivity index (χ0v) is 47.3. The van der Waals surface area contributed by atoms with Gasteiger partial charge in [0.15, 0.2) is 0 Å². The molecule has 0 spiro atoms. The number of nitrogens with zero attached hydrogens (tertiary/aromatic N) is 4. The molecule has 9 rings (SSSR count). The third kappa shape index (κ3) is 16.9. The van der Waals surface area contributed by atoms with E-state index in [9.17, 15) is 30.7 Å². The molecule has 0 saturated heterocycles. The minimum absolute atomic E-state index is 0.00630. The van der Waals surface area contributed by atoms with Crippen molar-refractivity contribution >= 4 is 60.6 Å². The summed E-state index contributed by atoms with van der Waals surface area (Å²) >= 11 is 9.26. The lowest BCUT2D eigenvalue weighted by Gasteiger charge is -2.12. The van der Waals surface area contributed by atoms with Gasteiger partial charge in [-0.3, -0.25) is 4.98 Å². The predicted octanol–water partition coefficient (Wildman–Crippen LogP) is 19.3. The molecule has 0 aliphatic carbocycles. The molecule has 0 unspecified atom stereocenters. The summed E-state index contributed by atoms with van der Waals surface area (Å²) in [5.41, 5.74) is 8.22. The second-order valence-electron chi connectivity index (χ2n) is 19.9. The molecule has 4 aromatic heterocycles. The lowest BCUT2D eigenvalue weighted by molar-refractivity contribution is -0.138. The van der Waals surface area contributed by atoms with Crippen LogP contribution in [0.4, 0.5) is 30.7 Å². The first-order chi connectivity index (χ1) is 35.5. The number of pyridine rings is 1. The van der Waals surface area contributed by atoms with Gasteiger partial charge < -0.3 is 19.7 Å². The fourth-order valence-electron chi connectivity index (χ4n) is 7.50. The molecular weight excluding hydrogens is 1070 g/mol. The van der Waals surface area contributed by atoms with E-state index in [4.69, 9.17) is 16.3 Å². The Hall–Kier alpha value is -6.26. The Kier molecular flexibility index (Phi) is 20.9. The largest absolute Gasteiger partial charge is 0.492 e. The molecule has 406 valence electrons. The van der Waals surface area contributed by atoms with E-state index in [2.05, 4.69) is 92.4 Å². The first-order valence-corrected chi connectivity index (χ1v) is 26.2. The first kappa shape index (κ1) is 60.6. The number of alkyl halides is 6. The van der Waals surface area contributed by atoms with Crippen LogP contribution in [0.1, 0.15) is 157 Å². The SMILES string of the molecule is CC(C)c1nc2ccc(-c3ccc(F)c(Cl)c3)cc2[nH]1.CC(C)c1nc2ccc(Br)cc2[nH]1.CCOc1ccc(C(C)C)nc1.Cc1cc(C(C)C)cc(C(F)(F)F)c1.Cc1cc(C(F)(F)F)c2nc(C(C)C)[nH]c2c1. The molecule has 0 radical (unpaired) electrons. The summed E-state index contributed by atoms with van der Waals surface area (Å²) in [6.07, 6.45) is -6.83. The van der Waals surface area contributed by atoms with Crippen LogP contribution in [0.15, 0.2) is 108 Å². The Labute approximate surface area is 453 Å². The number of aromatic nitrogens is 7. The monoisotopic (exact) mass is 1140 g/mol. The van der Waals surface area contributed by atoms with Crippen LogP contribution in [0, 0.1) is 19.7 Å². The van der Waals surface area contributed by atoms with Crippen molar-refractivity contribution in [1.82, 2.24) is 34.9 Å². The molecule has 17 heteroatoms. The van der Waals surface area contributed by atoms with E-state index in [1.54, 1.807) is 44.3 Å². The molecule has 3 N–H and O–H groups in total. The summed E-state index contributed by atoms with van der Waals surface area (Å²) in [7, 11) is 0. The minimum Gasteiger partial charge on any atom is -0.492 e. The standard InChI is InChI=1S/C16H14ClFN2.C12H13F3N2.C11H13F3.C10H11BrN2.C10H15NO/c1-9(2)16-19-14-6-4-11(8-15(14)20-16)10-3-5-13(18)12(17)7-10;1-6(2)11-16-9-5-7(3)4-8(10(9)17-11)12(13,14)15;1-7(2)9-4-8(3)5-10(6-9)11(12,13)14;1-6(2)10-12-8-4-3-7(11)5-9(8)13-10;1-4-12-9-5-6-10(8(2)3)11-7-9/h3-9H,1-2H3,(H,19,20);4-6H,1-3H3,(H,16,17);4-7H,1-3H3;3-6H,1-2H3,(H,12,13);5-8H,4H2,1-3H3. The molecule has 4 heterocycles. The number of aryl methyl sites for hydroxylation is 2. The van der Waals surface area contributed by atoms with Crippen LogP contribution in [0.5, 0.6) is 5.75 Å². The Morgan fingerprint density at radius 3 is 1.62 bits per heavy atom. The topological polar surface area (TPSA) is 108 Å². The average molecular weight is 1140 g/mol. The van der Waals surface area contributed by atoms with Crippen LogP contribution in [-0.2, 0) is 12.4 Å². The van der Waals surface area contributed by atoms with Crippen molar-refractivity contribution < 1.29 is 35.5 Å². The number of halogens is 9. The molecule has 0 fully saturated rings. The second kappa shape index (κ2) is 26.2. The van der Waals surface area contributed by atoms with E-state index in [0.29, 0.717) is 46.8 Å². The summed E-state index contributed by atoms with van der Waals surface area (Å²) in [5.74, 6) is 4.53. The lowest BCUT2D eigenvalue weighted by atomic mass is 9.98. The fourth-order valence-corrected chi connectivity index (χ4v) is 8.04. The molecule has 0 bridgehead atoms. The molecule has 8 nitrogen and oxygen atoms in total. The number of aromatic amines is 3. The van der Waals surface area contributed by atoms with Gasteiger partial charge in [0.2, 0.25) is 0 Å². The quantitative estimate of drug-likeness (QED) is 0.131. The van der Waals surface area contributed by atoms with Crippen LogP contribution in [0.3, 0.4) is 0 Å². The maximum atomic E-state index is 13.2. The average Bonchev–Trinajstić information content (AvgIpc) is 4.10. The number of benzene rings is 5. The maximum Gasteiger partial charge on any atom is 0.418 e. The smallest absolute Gasteiger partial charge is 0.418 e. The zero-order valence-electron chi connectivity index (χ0n) is 45.0. The highest BCUT2D eigenvalue weighted by atomic mass is 79.9. The molecular formula is C59H66BrClF7N7O. The number of hydrogen-bond acceptors (Lipinski definition) is 5. The van der Waals surface area contributed by atoms with Crippen LogP contribution in [0.2, 0.25) is 5.02 Å². The van der Waals surface area contributed by atoms with E-state index in [1.807, 2.05) is 83.1 Å². The van der Waals surface area contributed by atoms with Gasteiger partial charge >= 0.3 is 12.4 Å². The van der Waals surface area contributed by atoms with Gasteiger partial charge in [-0.25, -0.2) is 19.3 Å². The van der Waals surface area contributed by atoms with E-state index in [0.717, 1.165) is 72.4 Å². The summed E-state index contributed by atoms with van der Waals surface area (Å²) in [6.45, 7) is 26.2. The number of fused-ring (bicyclic) bond motifs is 3. The van der Waals surface area contributed by atoms with Crippen molar-refractivity contribution in [2.24, 2.45) is 0 Å². The Bertz CT molecular complexity index is 3320. The molecule has 0 amide bonds. The minimum atomic E-state index is -4.37. The van der Waals surface area contributed by atoms with Crippen molar-refractivity contribution in [3.8, 4) is 16.9 Å². The van der Waals surface area contributed by atoms with Gasteiger partial charge in [0, 0.05) is 27.9 Å². The molecule has 76 heavy (non-hydrogen) atoms. The number of nitrogens with one attached hydrogen (secondary N) is 3. The lowest BCUT2D eigenvalue weighted by Crippen LogP contribution is -2.06. The third-order valence-corrected chi connectivity index (χ3v) is 12.4. The molecule has 0 aliphatic rings. The number of imidazole rings is 3. The van der Waals surface area contributed by atoms with Crippen LogP contribution in [-0.4, -0.2) is 41.5 Å². The van der Waals surface area contributed by atoms with Crippen molar-refractivity contribution in [2.45, 2.75) is 132 Å². The van der Waals surface area contributed by atoms with Crippen molar-refractivity contribution in [3.63, 3.8) is 0 Å². The van der Waals surface area contributed by atoms with Gasteiger partial charge in [-0.1, -0.05) is 121 Å². The summed E-state index contributed by atoms with van der Waals surface area (Å²) in [6, 6.07) is 27.7. The van der Waals surface area contributed by atoms with Gasteiger partial charge in [0.25, 0.3) is 0 Å². The van der Waals surface area contributed by atoms with Crippen LogP contribution >= 0.6 is 27.5 Å². The highest BCUT2D eigenvalue weighted by Crippen LogP contribution is 2.36. The zero-order chi connectivity index (χ0) is 56.4. The number of ether oxygens (including phenoxy) is 1. The van der Waals surface area contributed by atoms with Gasteiger partial charge in [-0.15, -0.1) is 0 Å². The van der Waals surface area contributed by atoms with E-state index in [1.165, 1.54) is 18.2 Å². The van der Waals surface area contributed by atoms with E-state index in [-0.39, 0.29) is 22.4 Å². The third-order valence-electron chi connectivity index (χ3n) is 11.7. The molecule has 0 saturated carbocycles. The van der Waals surface area contributed by atoms with Gasteiger partial charge in [0.05, 0.1) is 56.5 Å². The van der Waals surface area contributed by atoms with E-state index < -0.39 is 29.3 Å². The molecule has 0 aliphatic heterocycles. The molecule has 9 aromatic rings. The predicted molar refractivity (Wildman–Crippen MR) is 298 cm³/mol. The summed E-state index contributed by atoms with van der Waals surface area (Å²) < 4.78 is 95.4. The molecule has 5 aromatic carbocycles. The van der Waals surface area contributed by atoms with Gasteiger partial charge in [-0.05, 0) is 134 Å². The van der Waals surface area contributed by atoms with Crippen molar-refractivity contribution in [3.05, 3.63) is 170 Å². The van der Waals surface area contributed by atoms with Gasteiger partial charge in [0.1, 0.15) is 34.6 Å². The van der Waals surface area contributed by atoms with Crippen molar-refractivity contribution in [1.29, 1.82) is 0 Å². The highest BCUT2D eigenvalue weighted by molar-refractivity contribution is 9.10. The number of rotatable bonds is 8. The van der Waals surface area contributed by atoms with Crippen molar-refractivity contribution in [2.75, 3.05) is 6.61 Å². The first-order valence-electron chi connectivity index (χ1n) is 25.0. The number of H-pyrrole nitrogens is 3. The normalized spacial score (nSPS) is 11.7. The maximum absolute atomic E-state index is 13.2. The highest BCUT2D eigenvalue weighted by Gasteiger charge is 2.34. The number of hydrogen-bond donors (Lipinski definition) is 3. The fraction of sp³-hybridized carbons (Fsp3) is 0.356. The van der Waals surface area contributed by atoms with Gasteiger partial charge in [-0.2, -0.15) is 26.3 Å². The Balaban J connectivity index is 0.000000178. The molecule has 0 atom stereocenters. The Morgan fingerprint density at radius 1 is 0.566 bits per heavy atom. The van der Waals surface area contributed by atoms with E-state index >= 15 is 0 Å².